The quantitative estimate of drug-likeness (QED) is 0.601. The first-order chi connectivity index (χ1) is 13.0. The fraction of sp³-hybridized carbons (Fsp3) is 0.286. The van der Waals surface area contributed by atoms with E-state index in [4.69, 9.17) is 0 Å². The minimum atomic E-state index is -0.601. The molecule has 3 aromatic rings. The van der Waals surface area contributed by atoms with Gasteiger partial charge in [0.1, 0.15) is 11.9 Å². The molecule has 0 aliphatic carbocycles. The summed E-state index contributed by atoms with van der Waals surface area (Å²) in [6.45, 7) is 4.04. The summed E-state index contributed by atoms with van der Waals surface area (Å²) in [7, 11) is 0. The van der Waals surface area contributed by atoms with E-state index in [0.717, 1.165) is 16.3 Å². The van der Waals surface area contributed by atoms with Gasteiger partial charge >= 0.3 is 0 Å². The van der Waals surface area contributed by atoms with Gasteiger partial charge in [-0.3, -0.25) is 14.7 Å². The van der Waals surface area contributed by atoms with Gasteiger partial charge in [0.05, 0.1) is 12.6 Å². The monoisotopic (exact) mass is 364 g/mol. The molecular formula is C21H24N4O2. The number of anilines is 1. The van der Waals surface area contributed by atoms with E-state index in [0.29, 0.717) is 12.2 Å². The smallest absolute Gasteiger partial charge is 0.248 e. The van der Waals surface area contributed by atoms with Gasteiger partial charge in [-0.25, -0.2) is 0 Å². The van der Waals surface area contributed by atoms with Gasteiger partial charge in [-0.2, -0.15) is 5.10 Å². The van der Waals surface area contributed by atoms with Crippen molar-refractivity contribution in [2.45, 2.75) is 32.7 Å². The van der Waals surface area contributed by atoms with Crippen LogP contribution in [0.5, 0.6) is 0 Å². The summed E-state index contributed by atoms with van der Waals surface area (Å²) in [6, 6.07) is 15.0. The van der Waals surface area contributed by atoms with E-state index in [-0.39, 0.29) is 24.2 Å². The third-order valence-corrected chi connectivity index (χ3v) is 4.35. The summed E-state index contributed by atoms with van der Waals surface area (Å²) in [6.07, 6.45) is 2.35. The summed E-state index contributed by atoms with van der Waals surface area (Å²) in [5.41, 5.74) is 0.947. The SMILES string of the molecule is CC(C)CC(NC(=O)Cc1cccc2ccccc12)C(=O)Nc1ccn[nH]1. The number of aromatic amines is 1. The predicted octanol–water partition coefficient (Wildman–Crippen LogP) is 3.28. The van der Waals surface area contributed by atoms with Crippen LogP contribution in [0.25, 0.3) is 10.8 Å². The van der Waals surface area contributed by atoms with E-state index < -0.39 is 6.04 Å². The molecule has 3 N–H and O–H groups in total. The summed E-state index contributed by atoms with van der Waals surface area (Å²) in [4.78, 5) is 25.2. The molecule has 0 spiro atoms. The lowest BCUT2D eigenvalue weighted by Gasteiger charge is -2.20. The van der Waals surface area contributed by atoms with Gasteiger partial charge in [-0.15, -0.1) is 0 Å². The number of benzene rings is 2. The molecule has 2 amide bonds. The molecule has 6 heteroatoms. The van der Waals surface area contributed by atoms with Gasteiger partial charge in [-0.1, -0.05) is 56.3 Å². The molecule has 0 aliphatic rings. The van der Waals surface area contributed by atoms with Crippen LogP contribution >= 0.6 is 0 Å². The van der Waals surface area contributed by atoms with Crippen molar-refractivity contribution >= 4 is 28.4 Å². The van der Waals surface area contributed by atoms with Crippen molar-refractivity contribution in [3.63, 3.8) is 0 Å². The first-order valence-electron chi connectivity index (χ1n) is 9.09. The molecular weight excluding hydrogens is 340 g/mol. The lowest BCUT2D eigenvalue weighted by Crippen LogP contribution is -2.45. The molecule has 0 radical (unpaired) electrons. The summed E-state index contributed by atoms with van der Waals surface area (Å²) in [5.74, 6) is 0.355. The summed E-state index contributed by atoms with van der Waals surface area (Å²) >= 11 is 0. The van der Waals surface area contributed by atoms with Gasteiger partial charge in [0, 0.05) is 6.07 Å². The highest BCUT2D eigenvalue weighted by Gasteiger charge is 2.22. The molecule has 0 aliphatic heterocycles. The highest BCUT2D eigenvalue weighted by atomic mass is 16.2. The van der Waals surface area contributed by atoms with Crippen molar-refractivity contribution in [3.8, 4) is 0 Å². The second-order valence-corrected chi connectivity index (χ2v) is 7.02. The Kier molecular flexibility index (Phi) is 5.86. The van der Waals surface area contributed by atoms with Crippen molar-refractivity contribution in [1.82, 2.24) is 15.5 Å². The maximum Gasteiger partial charge on any atom is 0.248 e. The minimum Gasteiger partial charge on any atom is -0.344 e. The number of H-pyrrole nitrogens is 1. The molecule has 0 saturated carbocycles. The number of nitrogens with one attached hydrogen (secondary N) is 3. The second-order valence-electron chi connectivity index (χ2n) is 7.02. The fourth-order valence-electron chi connectivity index (χ4n) is 3.11. The molecule has 1 unspecified atom stereocenters. The molecule has 0 saturated heterocycles. The van der Waals surface area contributed by atoms with E-state index >= 15 is 0 Å². The molecule has 1 atom stereocenters. The van der Waals surface area contributed by atoms with Gasteiger partial charge in [0.25, 0.3) is 0 Å². The molecule has 1 aromatic heterocycles. The number of nitrogens with zero attached hydrogens (tertiary/aromatic N) is 1. The Morgan fingerprint density at radius 1 is 1.07 bits per heavy atom. The first-order valence-corrected chi connectivity index (χ1v) is 9.09. The zero-order valence-electron chi connectivity index (χ0n) is 15.5. The number of carbonyl (C=O) groups is 2. The number of hydrogen-bond donors (Lipinski definition) is 3. The Hall–Kier alpha value is -3.15. The molecule has 3 rings (SSSR count). The lowest BCUT2D eigenvalue weighted by atomic mass is 10.0. The van der Waals surface area contributed by atoms with E-state index in [1.54, 1.807) is 12.3 Å². The van der Waals surface area contributed by atoms with Crippen LogP contribution in [-0.2, 0) is 16.0 Å². The topological polar surface area (TPSA) is 86.9 Å². The van der Waals surface area contributed by atoms with Crippen LogP contribution in [0.4, 0.5) is 5.82 Å². The Bertz CT molecular complexity index is 914. The van der Waals surface area contributed by atoms with E-state index in [2.05, 4.69) is 20.8 Å². The van der Waals surface area contributed by atoms with Gasteiger partial charge < -0.3 is 10.6 Å². The lowest BCUT2D eigenvalue weighted by molar-refractivity contribution is -0.126. The average Bonchev–Trinajstić information content (AvgIpc) is 3.14. The van der Waals surface area contributed by atoms with Crippen molar-refractivity contribution in [3.05, 3.63) is 60.3 Å². The largest absolute Gasteiger partial charge is 0.344 e. The van der Waals surface area contributed by atoms with Crippen LogP contribution in [0.3, 0.4) is 0 Å². The Labute approximate surface area is 158 Å². The molecule has 2 aromatic carbocycles. The third kappa shape index (κ3) is 4.94. The maximum absolute atomic E-state index is 12.6. The van der Waals surface area contributed by atoms with Crippen LogP contribution < -0.4 is 10.6 Å². The Morgan fingerprint density at radius 2 is 1.85 bits per heavy atom. The molecule has 1 heterocycles. The Balaban J connectivity index is 1.70. The molecule has 6 nitrogen and oxygen atoms in total. The van der Waals surface area contributed by atoms with Crippen molar-refractivity contribution in [1.29, 1.82) is 0 Å². The maximum atomic E-state index is 12.6. The number of amides is 2. The zero-order chi connectivity index (χ0) is 19.2. The van der Waals surface area contributed by atoms with Crippen molar-refractivity contribution in [2.75, 3.05) is 5.32 Å². The molecule has 27 heavy (non-hydrogen) atoms. The standard InChI is InChI=1S/C21H24N4O2/c1-14(2)12-18(21(27)24-19-10-11-22-25-19)23-20(26)13-16-8-5-7-15-6-3-4-9-17(15)16/h3-11,14,18H,12-13H2,1-2H3,(H,23,26)(H2,22,24,25,27). The van der Waals surface area contributed by atoms with Gasteiger partial charge in [-0.05, 0) is 28.7 Å². The molecule has 0 fully saturated rings. The first kappa shape index (κ1) is 18.6. The number of hydrogen-bond acceptors (Lipinski definition) is 3. The van der Waals surface area contributed by atoms with E-state index in [9.17, 15) is 9.59 Å². The summed E-state index contributed by atoms with van der Waals surface area (Å²) < 4.78 is 0. The normalized spacial score (nSPS) is 12.1. The molecule has 0 bridgehead atoms. The van der Waals surface area contributed by atoms with E-state index in [1.165, 1.54) is 0 Å². The van der Waals surface area contributed by atoms with Gasteiger partial charge in [0.15, 0.2) is 0 Å². The number of carbonyl (C=O) groups excluding carboxylic acids is 2. The second kappa shape index (κ2) is 8.49. The van der Waals surface area contributed by atoms with Crippen LogP contribution in [0.2, 0.25) is 0 Å². The summed E-state index contributed by atoms with van der Waals surface area (Å²) in [5, 5.41) is 14.3. The number of aromatic nitrogens is 2. The van der Waals surface area contributed by atoms with Crippen molar-refractivity contribution < 1.29 is 9.59 Å². The Morgan fingerprint density at radius 3 is 2.59 bits per heavy atom. The van der Waals surface area contributed by atoms with E-state index in [1.807, 2.05) is 56.3 Å². The van der Waals surface area contributed by atoms with Crippen LogP contribution in [0.15, 0.2) is 54.7 Å². The highest BCUT2D eigenvalue weighted by molar-refractivity contribution is 5.97. The number of rotatable bonds is 7. The van der Waals surface area contributed by atoms with Crippen molar-refractivity contribution in [2.24, 2.45) is 5.92 Å². The average molecular weight is 364 g/mol. The van der Waals surface area contributed by atoms with Crippen LogP contribution in [0.1, 0.15) is 25.8 Å². The minimum absolute atomic E-state index is 0.170. The van der Waals surface area contributed by atoms with Crippen LogP contribution in [0, 0.1) is 5.92 Å². The number of fused-ring (bicyclic) bond motifs is 1. The fourth-order valence-corrected chi connectivity index (χ4v) is 3.11. The third-order valence-electron chi connectivity index (χ3n) is 4.35. The van der Waals surface area contributed by atoms with Crippen LogP contribution in [-0.4, -0.2) is 28.1 Å². The zero-order valence-corrected chi connectivity index (χ0v) is 15.5. The predicted molar refractivity (Wildman–Crippen MR) is 106 cm³/mol. The highest BCUT2D eigenvalue weighted by Crippen LogP contribution is 2.19. The molecule has 140 valence electrons. The van der Waals surface area contributed by atoms with Gasteiger partial charge in [0.2, 0.25) is 11.8 Å².